The summed E-state index contributed by atoms with van der Waals surface area (Å²) < 4.78 is 31.9. The van der Waals surface area contributed by atoms with E-state index in [1.54, 1.807) is 6.07 Å². The Morgan fingerprint density at radius 3 is 2.39 bits per heavy atom. The van der Waals surface area contributed by atoms with E-state index >= 15 is 0 Å². The molecule has 0 spiro atoms. The lowest BCUT2D eigenvalue weighted by Gasteiger charge is -2.27. The Morgan fingerprint density at radius 2 is 1.78 bits per heavy atom. The van der Waals surface area contributed by atoms with Crippen LogP contribution in [0.25, 0.3) is 11.3 Å². The topological polar surface area (TPSA) is 135 Å². The Bertz CT molecular complexity index is 1460. The number of carbonyl (C=O) groups excluding carboxylic acids is 1. The fourth-order valence-electron chi connectivity index (χ4n) is 5.62. The minimum Gasteiger partial charge on any atom is -0.352 e. The van der Waals surface area contributed by atoms with Crippen molar-refractivity contribution < 1.29 is 13.2 Å². The highest BCUT2D eigenvalue weighted by Crippen LogP contribution is 2.36. The number of benzene rings is 1. The van der Waals surface area contributed by atoms with Gasteiger partial charge in [-0.15, -0.1) is 10.2 Å². The lowest BCUT2D eigenvalue weighted by molar-refractivity contribution is 0.0953. The predicted molar refractivity (Wildman–Crippen MR) is 160 cm³/mol. The number of hydrogen-bond donors (Lipinski definition) is 3. The van der Waals surface area contributed by atoms with Crippen molar-refractivity contribution in [1.82, 2.24) is 35.2 Å². The van der Waals surface area contributed by atoms with Crippen LogP contribution in [0.2, 0.25) is 0 Å². The first-order chi connectivity index (χ1) is 19.2. The summed E-state index contributed by atoms with van der Waals surface area (Å²) in [5.74, 6) is 0.933. The number of nitrogens with zero attached hydrogens (tertiary/aromatic N) is 4. The van der Waals surface area contributed by atoms with Gasteiger partial charge in [-0.2, -0.15) is 5.21 Å². The third-order valence-electron chi connectivity index (χ3n) is 7.61. The number of rotatable bonds is 9. The second-order valence-corrected chi connectivity index (χ2v) is 14.9. The van der Waals surface area contributed by atoms with E-state index in [9.17, 15) is 13.2 Å². The van der Waals surface area contributed by atoms with Crippen molar-refractivity contribution in [2.45, 2.75) is 109 Å². The number of hydrogen-bond acceptors (Lipinski definition) is 6. The van der Waals surface area contributed by atoms with Gasteiger partial charge < -0.3 is 9.88 Å². The zero-order chi connectivity index (χ0) is 30.0. The molecule has 1 amide bonds. The number of aromatic nitrogens is 5. The average molecular weight is 584 g/mol. The molecule has 0 aliphatic heterocycles. The zero-order valence-electron chi connectivity index (χ0n) is 25.5. The smallest absolute Gasteiger partial charge is 0.253 e. The molecular weight excluding hydrogens is 538 g/mol. The summed E-state index contributed by atoms with van der Waals surface area (Å²) in [4.78, 5) is 13.6. The highest BCUT2D eigenvalue weighted by Gasteiger charge is 2.30. The quantitative estimate of drug-likeness (QED) is 0.328. The molecule has 3 N–H and O–H groups in total. The van der Waals surface area contributed by atoms with Gasteiger partial charge in [-0.1, -0.05) is 51.3 Å². The number of sulfonamides is 1. The molecule has 0 unspecified atom stereocenters. The lowest BCUT2D eigenvalue weighted by atomic mass is 9.85. The molecule has 1 fully saturated rings. The van der Waals surface area contributed by atoms with Crippen LogP contribution in [0.1, 0.15) is 101 Å². The van der Waals surface area contributed by atoms with Crippen molar-refractivity contribution in [1.29, 1.82) is 0 Å². The summed E-state index contributed by atoms with van der Waals surface area (Å²) in [7, 11) is -3.75. The molecule has 11 heteroatoms. The summed E-state index contributed by atoms with van der Waals surface area (Å²) in [6.07, 6.45) is 6.55. The molecule has 0 bridgehead atoms. The summed E-state index contributed by atoms with van der Waals surface area (Å²) in [6.45, 7) is 14.8. The van der Waals surface area contributed by atoms with Crippen LogP contribution >= 0.6 is 0 Å². The van der Waals surface area contributed by atoms with Gasteiger partial charge >= 0.3 is 0 Å². The number of aromatic amines is 1. The highest BCUT2D eigenvalue weighted by atomic mass is 32.2. The summed E-state index contributed by atoms with van der Waals surface area (Å²) in [6, 6.07) is 7.52. The summed E-state index contributed by atoms with van der Waals surface area (Å²) >= 11 is 0. The van der Waals surface area contributed by atoms with E-state index in [1.165, 1.54) is 32.1 Å². The second-order valence-electron chi connectivity index (χ2n) is 13.3. The number of H-pyrrole nitrogens is 1. The van der Waals surface area contributed by atoms with Gasteiger partial charge in [0.15, 0.2) is 5.82 Å². The Labute approximate surface area is 244 Å². The van der Waals surface area contributed by atoms with Crippen molar-refractivity contribution in [2.75, 3.05) is 6.54 Å². The second kappa shape index (κ2) is 12.1. The number of amides is 1. The van der Waals surface area contributed by atoms with Gasteiger partial charge in [0.25, 0.3) is 5.91 Å². The lowest BCUT2D eigenvalue weighted by Crippen LogP contribution is -2.41. The summed E-state index contributed by atoms with van der Waals surface area (Å²) in [5, 5.41) is 16.9. The maximum absolute atomic E-state index is 13.4. The van der Waals surface area contributed by atoms with E-state index in [0.29, 0.717) is 30.3 Å². The Balaban J connectivity index is 1.74. The Morgan fingerprint density at radius 1 is 1.07 bits per heavy atom. The predicted octanol–water partition coefficient (Wildman–Crippen LogP) is 4.90. The normalized spacial score (nSPS) is 15.3. The molecule has 0 saturated heterocycles. The first-order valence-electron chi connectivity index (χ1n) is 14.6. The molecule has 2 aromatic heterocycles. The van der Waals surface area contributed by atoms with Crippen molar-refractivity contribution in [3.05, 3.63) is 46.9 Å². The zero-order valence-corrected chi connectivity index (χ0v) is 26.3. The Hall–Kier alpha value is -3.05. The maximum atomic E-state index is 13.4. The monoisotopic (exact) mass is 583 g/mol. The number of nitrogens with one attached hydrogen (secondary N) is 3. The molecule has 1 aliphatic carbocycles. The third kappa shape index (κ3) is 7.62. The van der Waals surface area contributed by atoms with E-state index in [2.05, 4.69) is 35.2 Å². The molecule has 1 aromatic carbocycles. The van der Waals surface area contributed by atoms with Crippen molar-refractivity contribution in [3.63, 3.8) is 0 Å². The molecule has 224 valence electrons. The van der Waals surface area contributed by atoms with Crippen LogP contribution in [0, 0.1) is 12.8 Å². The van der Waals surface area contributed by atoms with Crippen LogP contribution in [0.15, 0.2) is 29.2 Å². The van der Waals surface area contributed by atoms with E-state index in [-0.39, 0.29) is 10.8 Å². The fourth-order valence-corrected chi connectivity index (χ4v) is 7.43. The van der Waals surface area contributed by atoms with Crippen LogP contribution in [0.5, 0.6) is 0 Å². The van der Waals surface area contributed by atoms with E-state index in [4.69, 9.17) is 0 Å². The average Bonchev–Trinajstić information content (AvgIpc) is 3.51. The third-order valence-corrected chi connectivity index (χ3v) is 9.43. The van der Waals surface area contributed by atoms with Crippen molar-refractivity contribution >= 4 is 15.9 Å². The van der Waals surface area contributed by atoms with E-state index in [1.807, 2.05) is 66.7 Å². The van der Waals surface area contributed by atoms with Gasteiger partial charge in [-0.25, -0.2) is 13.1 Å². The minimum atomic E-state index is -3.75. The molecule has 10 nitrogen and oxygen atoms in total. The van der Waals surface area contributed by atoms with Crippen LogP contribution in [-0.4, -0.2) is 51.6 Å². The summed E-state index contributed by atoms with van der Waals surface area (Å²) in [5.41, 5.74) is 3.05. The highest BCUT2D eigenvalue weighted by molar-refractivity contribution is 7.89. The number of tetrazole rings is 1. The molecule has 0 atom stereocenters. The first kappa shape index (κ1) is 30.9. The van der Waals surface area contributed by atoms with E-state index in [0.717, 1.165) is 29.1 Å². The molecule has 1 aliphatic rings. The largest absolute Gasteiger partial charge is 0.352 e. The minimum absolute atomic E-state index is 0.153. The van der Waals surface area contributed by atoms with Gasteiger partial charge in [0.1, 0.15) is 0 Å². The molecule has 3 aromatic rings. The maximum Gasteiger partial charge on any atom is 0.253 e. The molecule has 4 rings (SSSR count). The van der Waals surface area contributed by atoms with Crippen molar-refractivity contribution in [3.8, 4) is 11.3 Å². The first-order valence-corrected chi connectivity index (χ1v) is 16.0. The molecule has 2 heterocycles. The van der Waals surface area contributed by atoms with Crippen LogP contribution in [0.3, 0.4) is 0 Å². The van der Waals surface area contributed by atoms with Gasteiger partial charge in [0.2, 0.25) is 10.0 Å². The molecule has 41 heavy (non-hydrogen) atoms. The van der Waals surface area contributed by atoms with Gasteiger partial charge in [-0.05, 0) is 81.2 Å². The van der Waals surface area contributed by atoms with E-state index < -0.39 is 21.0 Å². The van der Waals surface area contributed by atoms with Gasteiger partial charge in [0, 0.05) is 36.4 Å². The Kier molecular flexibility index (Phi) is 9.08. The molecule has 0 radical (unpaired) electrons. The van der Waals surface area contributed by atoms with Gasteiger partial charge in [0.05, 0.1) is 10.5 Å². The fraction of sp³-hybridized carbons (Fsp3) is 0.600. The number of carbonyl (C=O) groups is 1. The SMILES string of the molecule is Cc1c(C(=O)NCCc2nn[nH]n2)cc(-c2ccc(S(=O)(=O)NC(C)(C)C)c(C(C)(C)C)c2)n1CC1CCCCC1. The van der Waals surface area contributed by atoms with Crippen LogP contribution < -0.4 is 10.0 Å². The molecular formula is C30H45N7O3S. The molecule has 1 saturated carbocycles. The van der Waals surface area contributed by atoms with Crippen LogP contribution in [-0.2, 0) is 28.4 Å². The standard InChI is InChI=1S/C30H45N7O3S/c1-20-23(28(38)31-16-15-27-32-35-36-33-27)18-25(37(20)19-21-11-9-8-10-12-21)22-13-14-26(24(17-22)29(2,3)4)41(39,40)34-30(5,6)7/h13-14,17-18,21,34H,8-12,15-16,19H2,1-7H3,(H,31,38)(H,32,33,35,36). The van der Waals surface area contributed by atoms with Crippen molar-refractivity contribution in [2.24, 2.45) is 5.92 Å². The van der Waals surface area contributed by atoms with Crippen LogP contribution in [0.4, 0.5) is 0 Å². The van der Waals surface area contributed by atoms with Gasteiger partial charge in [-0.3, -0.25) is 4.79 Å².